The zero-order valence-corrected chi connectivity index (χ0v) is 14.9. The molecule has 1 aromatic carbocycles. The Balaban J connectivity index is 2.33. The molecule has 2 heterocycles. The van der Waals surface area contributed by atoms with Gasteiger partial charge in [0.05, 0.1) is 19.5 Å². The Hall–Kier alpha value is -1.61. The fourth-order valence-corrected chi connectivity index (χ4v) is 4.80. The van der Waals surface area contributed by atoms with E-state index in [-0.39, 0.29) is 10.5 Å². The van der Waals surface area contributed by atoms with Gasteiger partial charge in [-0.2, -0.15) is 0 Å². The molecule has 22 heavy (non-hydrogen) atoms. The van der Waals surface area contributed by atoms with Crippen LogP contribution in [0.3, 0.4) is 0 Å². The molecule has 0 saturated carbocycles. The first kappa shape index (κ1) is 15.3. The van der Waals surface area contributed by atoms with Gasteiger partial charge in [0.1, 0.15) is 0 Å². The number of rotatable bonds is 2. The third-order valence-electron chi connectivity index (χ3n) is 3.56. The molecule has 0 aliphatic rings. The van der Waals surface area contributed by atoms with Crippen molar-refractivity contribution in [3.63, 3.8) is 0 Å². The molecule has 7 heteroatoms. The number of nitrogens with zero attached hydrogens (tertiary/aromatic N) is 2. The highest BCUT2D eigenvalue weighted by Gasteiger charge is 2.21. The summed E-state index contributed by atoms with van der Waals surface area (Å²) in [6, 6.07) is 9.63. The summed E-state index contributed by atoms with van der Waals surface area (Å²) in [5.74, 6) is 0. The minimum absolute atomic E-state index is 0.170. The third-order valence-corrected chi connectivity index (χ3v) is 6.04. The predicted molar refractivity (Wildman–Crippen MR) is 93.7 cm³/mol. The Morgan fingerprint density at radius 1 is 1.05 bits per heavy atom. The van der Waals surface area contributed by atoms with Crippen LogP contribution in [-0.4, -0.2) is 17.0 Å². The Kier molecular flexibility index (Phi) is 3.64. The number of aromatic nitrogens is 2. The van der Waals surface area contributed by atoms with Crippen molar-refractivity contribution in [2.24, 2.45) is 7.05 Å². The monoisotopic (exact) mass is 428 g/mol. The molecule has 114 valence electrons. The highest BCUT2D eigenvalue weighted by Crippen LogP contribution is 2.25. The molecule has 0 radical (unpaired) electrons. The highest BCUT2D eigenvalue weighted by atomic mass is 127. The molecule has 2 aromatic heterocycles. The van der Waals surface area contributed by atoms with Crippen LogP contribution in [0.4, 0.5) is 0 Å². The van der Waals surface area contributed by atoms with Gasteiger partial charge in [-0.1, -0.05) is 17.7 Å². The van der Waals surface area contributed by atoms with Crippen LogP contribution in [0.25, 0.3) is 11.0 Å². The quantitative estimate of drug-likeness (QED) is 0.590. The summed E-state index contributed by atoms with van der Waals surface area (Å²) in [6.45, 7) is 1.90. The third kappa shape index (κ3) is 2.28. The first-order chi connectivity index (χ1) is 10.3. The summed E-state index contributed by atoms with van der Waals surface area (Å²) in [4.78, 5) is 12.0. The van der Waals surface area contributed by atoms with Crippen LogP contribution in [0.5, 0.6) is 0 Å². The minimum Gasteiger partial charge on any atom is -0.309 e. The van der Waals surface area contributed by atoms with Gasteiger partial charge in [-0.15, -0.1) is 0 Å². The maximum Gasteiger partial charge on any atom is 0.268 e. The van der Waals surface area contributed by atoms with Gasteiger partial charge in [0.2, 0.25) is 0 Å². The van der Waals surface area contributed by atoms with E-state index in [1.54, 1.807) is 43.6 Å². The number of hydrogen-bond acceptors (Lipinski definition) is 3. The highest BCUT2D eigenvalue weighted by molar-refractivity contribution is 14.1. The van der Waals surface area contributed by atoms with E-state index in [2.05, 4.69) is 0 Å². The molecule has 5 nitrogen and oxygen atoms in total. The molecule has 0 spiro atoms. The van der Waals surface area contributed by atoms with E-state index in [0.717, 1.165) is 5.56 Å². The number of fused-ring (bicyclic) bond motifs is 1. The number of halogens is 1. The summed E-state index contributed by atoms with van der Waals surface area (Å²) < 4.78 is 29.1. The van der Waals surface area contributed by atoms with Crippen LogP contribution in [-0.2, 0) is 17.1 Å². The van der Waals surface area contributed by atoms with Crippen LogP contribution in [0.1, 0.15) is 5.56 Å². The van der Waals surface area contributed by atoms with Crippen molar-refractivity contribution in [2.45, 2.75) is 11.8 Å². The van der Waals surface area contributed by atoms with Gasteiger partial charge in [-0.3, -0.25) is 4.79 Å². The fourth-order valence-electron chi connectivity index (χ4n) is 2.34. The van der Waals surface area contributed by atoms with Gasteiger partial charge in [0.25, 0.3) is 15.6 Å². The van der Waals surface area contributed by atoms with Crippen molar-refractivity contribution in [3.8, 4) is 0 Å². The summed E-state index contributed by atoms with van der Waals surface area (Å²) in [5.41, 5.74) is 1.93. The SMILES string of the molecule is Cc1ccc(S(=O)(=O)n2cc(I)c3c2ccc(=O)n3C)cc1. The minimum atomic E-state index is -3.69. The Morgan fingerprint density at radius 3 is 2.32 bits per heavy atom. The van der Waals surface area contributed by atoms with Crippen molar-refractivity contribution in [3.05, 3.63) is 62.1 Å². The lowest BCUT2D eigenvalue weighted by molar-refractivity contribution is 0.589. The predicted octanol–water partition coefficient (Wildman–Crippen LogP) is 2.49. The van der Waals surface area contributed by atoms with Gasteiger partial charge >= 0.3 is 0 Å². The zero-order chi connectivity index (χ0) is 16.1. The van der Waals surface area contributed by atoms with Crippen molar-refractivity contribution >= 4 is 43.6 Å². The van der Waals surface area contributed by atoms with Crippen LogP contribution < -0.4 is 5.56 Å². The summed E-state index contributed by atoms with van der Waals surface area (Å²) in [5, 5.41) is 0. The van der Waals surface area contributed by atoms with E-state index in [9.17, 15) is 13.2 Å². The van der Waals surface area contributed by atoms with Gasteiger partial charge in [-0.05, 0) is 47.7 Å². The summed E-state index contributed by atoms with van der Waals surface area (Å²) in [6.07, 6.45) is 1.54. The largest absolute Gasteiger partial charge is 0.309 e. The lowest BCUT2D eigenvalue weighted by Gasteiger charge is -2.08. The maximum absolute atomic E-state index is 12.8. The van der Waals surface area contributed by atoms with Crippen LogP contribution in [0.2, 0.25) is 0 Å². The van der Waals surface area contributed by atoms with Gasteiger partial charge in [0, 0.05) is 19.3 Å². The van der Waals surface area contributed by atoms with Gasteiger partial charge < -0.3 is 4.57 Å². The Bertz CT molecular complexity index is 1030. The first-order valence-electron chi connectivity index (χ1n) is 6.51. The van der Waals surface area contributed by atoms with Crippen molar-refractivity contribution < 1.29 is 8.42 Å². The van der Waals surface area contributed by atoms with E-state index in [1.807, 2.05) is 29.5 Å². The molecule has 0 amide bonds. The van der Waals surface area contributed by atoms with Crippen LogP contribution in [0.15, 0.2) is 52.3 Å². The molecule has 0 aliphatic heterocycles. The molecule has 0 N–H and O–H groups in total. The molecule has 0 bridgehead atoms. The number of benzene rings is 1. The van der Waals surface area contributed by atoms with Gasteiger partial charge in [-0.25, -0.2) is 12.4 Å². The second-order valence-electron chi connectivity index (χ2n) is 5.06. The molecule has 3 aromatic rings. The lowest BCUT2D eigenvalue weighted by Crippen LogP contribution is -2.17. The standard InChI is InChI=1S/C15H13IN2O3S/c1-10-3-5-11(6-4-10)22(20,21)18-9-12(16)15-13(18)7-8-14(19)17(15)2/h3-9H,1-2H3. The summed E-state index contributed by atoms with van der Waals surface area (Å²) in [7, 11) is -2.06. The fraction of sp³-hybridized carbons (Fsp3) is 0.133. The number of pyridine rings is 1. The second-order valence-corrected chi connectivity index (χ2v) is 8.03. The molecule has 0 aliphatic carbocycles. The number of hydrogen-bond donors (Lipinski definition) is 0. The molecule has 0 saturated heterocycles. The van der Waals surface area contributed by atoms with Crippen molar-refractivity contribution in [2.75, 3.05) is 0 Å². The molecular formula is C15H13IN2O3S. The molecule has 0 fully saturated rings. The van der Waals surface area contributed by atoms with E-state index < -0.39 is 10.0 Å². The smallest absolute Gasteiger partial charge is 0.268 e. The van der Waals surface area contributed by atoms with Gasteiger partial charge in [0.15, 0.2) is 0 Å². The van der Waals surface area contributed by atoms with Crippen molar-refractivity contribution in [1.29, 1.82) is 0 Å². The average molecular weight is 428 g/mol. The summed E-state index contributed by atoms with van der Waals surface area (Å²) >= 11 is 2.04. The maximum atomic E-state index is 12.8. The molecule has 3 rings (SSSR count). The topological polar surface area (TPSA) is 61.1 Å². The normalized spacial score (nSPS) is 12.0. The van der Waals surface area contributed by atoms with E-state index in [1.165, 1.54) is 14.6 Å². The van der Waals surface area contributed by atoms with Crippen LogP contribution in [0, 0.1) is 10.5 Å². The molecule has 0 atom stereocenters. The first-order valence-corrected chi connectivity index (χ1v) is 9.03. The van der Waals surface area contributed by atoms with Crippen molar-refractivity contribution in [1.82, 2.24) is 8.54 Å². The van der Waals surface area contributed by atoms with E-state index in [4.69, 9.17) is 0 Å². The van der Waals surface area contributed by atoms with E-state index in [0.29, 0.717) is 14.6 Å². The van der Waals surface area contributed by atoms with Crippen LogP contribution >= 0.6 is 22.6 Å². The molecule has 0 unspecified atom stereocenters. The Morgan fingerprint density at radius 2 is 1.68 bits per heavy atom. The number of aryl methyl sites for hydroxylation is 2. The molecular weight excluding hydrogens is 415 g/mol. The average Bonchev–Trinajstić information content (AvgIpc) is 2.82. The van der Waals surface area contributed by atoms with E-state index >= 15 is 0 Å². The second kappa shape index (κ2) is 5.24. The Labute approximate surface area is 141 Å². The zero-order valence-electron chi connectivity index (χ0n) is 11.9. The lowest BCUT2D eigenvalue weighted by atomic mass is 10.2.